The van der Waals surface area contributed by atoms with Crippen LogP contribution in [0, 0.1) is 11.8 Å². The van der Waals surface area contributed by atoms with Crippen molar-refractivity contribution in [1.82, 2.24) is 15.0 Å². The van der Waals surface area contributed by atoms with E-state index in [0.29, 0.717) is 16.0 Å². The van der Waals surface area contributed by atoms with E-state index in [1.54, 1.807) is 6.07 Å². The minimum absolute atomic E-state index is 0.00755. The van der Waals surface area contributed by atoms with Crippen molar-refractivity contribution in [3.63, 3.8) is 0 Å². The molecule has 0 aliphatic carbocycles. The zero-order valence-corrected chi connectivity index (χ0v) is 16.7. The van der Waals surface area contributed by atoms with Crippen LogP contribution >= 0.6 is 22.9 Å². The van der Waals surface area contributed by atoms with E-state index in [1.165, 1.54) is 24.6 Å². The molecule has 0 N–H and O–H groups in total. The first-order chi connectivity index (χ1) is 14.1. The lowest BCUT2D eigenvalue weighted by Crippen LogP contribution is -2.03. The summed E-state index contributed by atoms with van der Waals surface area (Å²) in [5.41, 5.74) is 1.88. The number of thiophene rings is 1. The van der Waals surface area contributed by atoms with Gasteiger partial charge in [-0.25, -0.2) is 19.3 Å². The van der Waals surface area contributed by atoms with Crippen molar-refractivity contribution in [2.24, 2.45) is 0 Å². The lowest BCUT2D eigenvalue weighted by Gasteiger charge is -2.11. The summed E-state index contributed by atoms with van der Waals surface area (Å²) in [6, 6.07) is 9.18. The predicted molar refractivity (Wildman–Crippen MR) is 108 cm³/mol. The second-order valence-electron chi connectivity index (χ2n) is 6.05. The molecule has 0 saturated carbocycles. The van der Waals surface area contributed by atoms with E-state index >= 15 is 0 Å². The Morgan fingerprint density at radius 3 is 2.83 bits per heavy atom. The summed E-state index contributed by atoms with van der Waals surface area (Å²) in [6.07, 6.45) is 2.45. The average molecular weight is 434 g/mol. The number of nitrogens with zero attached hydrogens (tertiary/aromatic N) is 3. The van der Waals surface area contributed by atoms with Crippen molar-refractivity contribution in [3.05, 3.63) is 65.3 Å². The number of halogens is 3. The first kappa shape index (κ1) is 19.8. The molecule has 0 unspecified atom stereocenters. The molecule has 29 heavy (non-hydrogen) atoms. The van der Waals surface area contributed by atoms with Crippen LogP contribution in [-0.4, -0.2) is 28.9 Å². The van der Waals surface area contributed by atoms with Crippen molar-refractivity contribution in [1.29, 1.82) is 0 Å². The highest BCUT2D eigenvalue weighted by atomic mass is 35.5. The molecule has 5 nitrogen and oxygen atoms in total. The zero-order chi connectivity index (χ0) is 20.4. The Kier molecular flexibility index (Phi) is 5.77. The van der Waals surface area contributed by atoms with Gasteiger partial charge in [0.05, 0.1) is 17.7 Å². The molecule has 0 spiro atoms. The molecule has 0 saturated heterocycles. The Bertz CT molecular complexity index is 1190. The van der Waals surface area contributed by atoms with Crippen LogP contribution < -0.4 is 0 Å². The predicted octanol–water partition coefficient (Wildman–Crippen LogP) is 5.47. The van der Waals surface area contributed by atoms with Crippen molar-refractivity contribution < 1.29 is 18.3 Å². The Morgan fingerprint density at radius 2 is 2.00 bits per heavy atom. The molecule has 0 aliphatic heterocycles. The topological polar surface area (TPSA) is 57.1 Å². The molecule has 3 aromatic heterocycles. The molecule has 0 bridgehead atoms. The van der Waals surface area contributed by atoms with Crippen molar-refractivity contribution >= 4 is 33.0 Å². The van der Waals surface area contributed by atoms with Crippen LogP contribution in [0.5, 0.6) is 0 Å². The van der Waals surface area contributed by atoms with Gasteiger partial charge in [-0.3, -0.25) is 0 Å². The highest BCUT2D eigenvalue weighted by Crippen LogP contribution is 2.40. The Hall–Kier alpha value is -2.52. The summed E-state index contributed by atoms with van der Waals surface area (Å²) in [6.45, 7) is 0.0441. The van der Waals surface area contributed by atoms with Crippen molar-refractivity contribution in [2.75, 3.05) is 13.9 Å². The average Bonchev–Trinajstić information content (AvgIpc) is 3.15. The van der Waals surface area contributed by atoms with Crippen LogP contribution in [0.15, 0.2) is 42.7 Å². The van der Waals surface area contributed by atoms with E-state index in [2.05, 4.69) is 15.0 Å². The molecule has 4 rings (SSSR count). The van der Waals surface area contributed by atoms with E-state index < -0.39 is 11.8 Å². The maximum atomic E-state index is 14.4. The molecule has 148 valence electrons. The van der Waals surface area contributed by atoms with E-state index in [0.717, 1.165) is 21.8 Å². The monoisotopic (exact) mass is 433 g/mol. The second-order valence-corrected chi connectivity index (χ2v) is 7.44. The number of hydrogen-bond acceptors (Lipinski definition) is 6. The summed E-state index contributed by atoms with van der Waals surface area (Å²) < 4.78 is 39.7. The largest absolute Gasteiger partial charge is 0.359 e. The number of benzene rings is 1. The Balaban J connectivity index is 1.85. The van der Waals surface area contributed by atoms with Gasteiger partial charge in [-0.15, -0.1) is 11.3 Å². The Labute approximate surface area is 173 Å². The highest BCUT2D eigenvalue weighted by Gasteiger charge is 2.18. The van der Waals surface area contributed by atoms with Gasteiger partial charge < -0.3 is 9.47 Å². The molecule has 4 aromatic rings. The maximum absolute atomic E-state index is 14.4. The molecule has 0 radical (unpaired) electrons. The molecule has 0 fully saturated rings. The fourth-order valence-electron chi connectivity index (χ4n) is 2.99. The quantitative estimate of drug-likeness (QED) is 0.174. The zero-order valence-electron chi connectivity index (χ0n) is 15.2. The number of methoxy groups -OCH3 is 1. The van der Waals surface area contributed by atoms with Crippen LogP contribution in [0.2, 0.25) is 5.28 Å². The fourth-order valence-corrected chi connectivity index (χ4v) is 4.31. The Morgan fingerprint density at radius 1 is 1.14 bits per heavy atom. The van der Waals surface area contributed by atoms with Gasteiger partial charge in [-0.05, 0) is 34.7 Å². The van der Waals surface area contributed by atoms with Crippen LogP contribution in [0.4, 0.5) is 8.78 Å². The summed E-state index contributed by atoms with van der Waals surface area (Å²) in [7, 11) is 1.49. The second kappa shape index (κ2) is 8.46. The van der Waals surface area contributed by atoms with Gasteiger partial charge in [0.2, 0.25) is 11.2 Å². The fraction of sp³-hybridized carbons (Fsp3) is 0.150. The molecule has 3 heterocycles. The van der Waals surface area contributed by atoms with Gasteiger partial charge in [-0.1, -0.05) is 18.2 Å². The number of ether oxygens (including phenoxy) is 2. The van der Waals surface area contributed by atoms with Gasteiger partial charge in [0.15, 0.2) is 5.82 Å². The third-order valence-corrected chi connectivity index (χ3v) is 5.61. The minimum atomic E-state index is -0.610. The summed E-state index contributed by atoms with van der Waals surface area (Å²) in [5, 5.41) is 0.838. The maximum Gasteiger partial charge on any atom is 0.223 e. The van der Waals surface area contributed by atoms with Gasteiger partial charge in [-0.2, -0.15) is 4.39 Å². The number of fused-ring (bicyclic) bond motifs is 1. The lowest BCUT2D eigenvalue weighted by atomic mass is 10.0. The normalized spacial score (nSPS) is 11.3. The number of hydrogen-bond donors (Lipinski definition) is 0. The number of rotatable bonds is 6. The summed E-state index contributed by atoms with van der Waals surface area (Å²) in [4.78, 5) is 12.0. The van der Waals surface area contributed by atoms with Gasteiger partial charge in [0.1, 0.15) is 12.5 Å². The lowest BCUT2D eigenvalue weighted by molar-refractivity contribution is -0.0398. The summed E-state index contributed by atoms with van der Waals surface area (Å²) in [5.74, 6) is -1.17. The van der Waals surface area contributed by atoms with Crippen LogP contribution in [0.3, 0.4) is 0 Å². The minimum Gasteiger partial charge on any atom is -0.359 e. The first-order valence-electron chi connectivity index (χ1n) is 8.50. The molecule has 0 amide bonds. The standard InChI is InChI=1S/C20H14ClF2N3O2S/c1-27-10-28-9-14-12(5-6-24-19(14)23)13-4-2-3-11-7-16(29-18(11)13)17-15(22)8-25-20(21)26-17/h2-8H,9-10H2,1H3. The molecule has 9 heteroatoms. The third-order valence-electron chi connectivity index (χ3n) is 4.23. The highest BCUT2D eigenvalue weighted by molar-refractivity contribution is 7.22. The molecular formula is C20H14ClF2N3O2S. The van der Waals surface area contributed by atoms with E-state index in [-0.39, 0.29) is 24.4 Å². The number of pyridine rings is 1. The van der Waals surface area contributed by atoms with Crippen molar-refractivity contribution in [3.8, 4) is 21.7 Å². The van der Waals surface area contributed by atoms with E-state index in [4.69, 9.17) is 21.1 Å². The van der Waals surface area contributed by atoms with Crippen LogP contribution in [0.1, 0.15) is 5.56 Å². The molecule has 0 aliphatic rings. The van der Waals surface area contributed by atoms with E-state index in [9.17, 15) is 8.78 Å². The first-order valence-corrected chi connectivity index (χ1v) is 9.69. The number of aromatic nitrogens is 3. The van der Waals surface area contributed by atoms with Crippen molar-refractivity contribution in [2.45, 2.75) is 6.61 Å². The van der Waals surface area contributed by atoms with Gasteiger partial charge >= 0.3 is 0 Å². The molecular weight excluding hydrogens is 420 g/mol. The van der Waals surface area contributed by atoms with Crippen LogP contribution in [-0.2, 0) is 16.1 Å². The molecule has 0 atom stereocenters. The van der Waals surface area contributed by atoms with Gasteiger partial charge in [0.25, 0.3) is 0 Å². The smallest absolute Gasteiger partial charge is 0.223 e. The third kappa shape index (κ3) is 3.97. The summed E-state index contributed by atoms with van der Waals surface area (Å²) >= 11 is 7.17. The molecule has 1 aromatic carbocycles. The van der Waals surface area contributed by atoms with Gasteiger partial charge in [0, 0.05) is 29.1 Å². The SMILES string of the molecule is COCOCc1c(-c2cccc3cc(-c4nc(Cl)ncc4F)sc23)ccnc1F. The van der Waals surface area contributed by atoms with Crippen LogP contribution in [0.25, 0.3) is 31.8 Å². The van der Waals surface area contributed by atoms with E-state index in [1.807, 2.05) is 24.3 Å².